The Morgan fingerprint density at radius 2 is 1.55 bits per heavy atom. The van der Waals surface area contributed by atoms with Crippen LogP contribution in [0.2, 0.25) is 0 Å². The van der Waals surface area contributed by atoms with E-state index in [1.165, 1.54) is 0 Å². The molecule has 2 aromatic rings. The number of aliphatic hydroxyl groups excluding tert-OH is 1. The predicted octanol–water partition coefficient (Wildman–Crippen LogP) is 1.41. The summed E-state index contributed by atoms with van der Waals surface area (Å²) in [7, 11) is 3.63. The molecule has 3 rings (SSSR count). The molecule has 2 amide bonds. The number of hydrogen-bond donors (Lipinski definition) is 4. The zero-order valence-corrected chi connectivity index (χ0v) is 18.7. The van der Waals surface area contributed by atoms with Crippen molar-refractivity contribution in [3.05, 3.63) is 59.7 Å². The van der Waals surface area contributed by atoms with Crippen LogP contribution in [0, 0.1) is 0 Å². The highest BCUT2D eigenvalue weighted by molar-refractivity contribution is 5.89. The van der Waals surface area contributed by atoms with Crippen molar-refractivity contribution in [3.63, 3.8) is 0 Å². The standard InChI is InChI=1S/C24H29N3O6/c1-27(2)12-11-20(22(29)25-21(13-28)23(30)31)26-24(32)33-14-19-17-9-5-3-7-15(17)16-8-4-6-10-18(16)19/h3-10,19-21,28H,11-14H2,1-2H3,(H,25,29)(H,26,32)(H,30,31). The number of aliphatic carboxylic acids is 1. The first kappa shape index (κ1) is 24.2. The van der Waals surface area contributed by atoms with Gasteiger partial charge in [-0.3, -0.25) is 4.79 Å². The summed E-state index contributed by atoms with van der Waals surface area (Å²) >= 11 is 0. The molecule has 1 aliphatic rings. The van der Waals surface area contributed by atoms with E-state index in [1.54, 1.807) is 0 Å². The summed E-state index contributed by atoms with van der Waals surface area (Å²) in [5.74, 6) is -2.19. The number of benzene rings is 2. The number of carboxylic acids is 1. The highest BCUT2D eigenvalue weighted by atomic mass is 16.5. The van der Waals surface area contributed by atoms with E-state index < -0.39 is 36.7 Å². The fourth-order valence-electron chi connectivity index (χ4n) is 3.90. The van der Waals surface area contributed by atoms with Crippen molar-refractivity contribution in [2.75, 3.05) is 33.9 Å². The largest absolute Gasteiger partial charge is 0.480 e. The molecule has 0 spiro atoms. The van der Waals surface area contributed by atoms with Crippen molar-refractivity contribution >= 4 is 18.0 Å². The topological polar surface area (TPSA) is 128 Å². The zero-order chi connectivity index (χ0) is 24.0. The van der Waals surface area contributed by atoms with E-state index in [2.05, 4.69) is 10.6 Å². The number of fused-ring (bicyclic) bond motifs is 3. The predicted molar refractivity (Wildman–Crippen MR) is 122 cm³/mol. The van der Waals surface area contributed by atoms with Gasteiger partial charge in [0, 0.05) is 5.92 Å². The molecule has 4 N–H and O–H groups in total. The van der Waals surface area contributed by atoms with Gasteiger partial charge < -0.3 is 30.5 Å². The Morgan fingerprint density at radius 3 is 2.06 bits per heavy atom. The third-order valence-corrected chi connectivity index (χ3v) is 5.61. The molecule has 0 aliphatic heterocycles. The molecule has 1 aliphatic carbocycles. The number of hydrogen-bond acceptors (Lipinski definition) is 6. The van der Waals surface area contributed by atoms with Crippen LogP contribution in [-0.2, 0) is 14.3 Å². The van der Waals surface area contributed by atoms with Gasteiger partial charge in [0.2, 0.25) is 5.91 Å². The van der Waals surface area contributed by atoms with Crippen LogP contribution in [-0.4, -0.2) is 79.0 Å². The van der Waals surface area contributed by atoms with Gasteiger partial charge in [-0.2, -0.15) is 0 Å². The number of alkyl carbamates (subject to hydrolysis) is 1. The molecule has 9 nitrogen and oxygen atoms in total. The lowest BCUT2D eigenvalue weighted by atomic mass is 9.98. The highest BCUT2D eigenvalue weighted by Gasteiger charge is 2.30. The number of ether oxygens (including phenoxy) is 1. The van der Waals surface area contributed by atoms with Crippen LogP contribution in [0.4, 0.5) is 4.79 Å². The molecule has 0 bridgehead atoms. The van der Waals surface area contributed by atoms with Gasteiger partial charge in [-0.25, -0.2) is 9.59 Å². The fraction of sp³-hybridized carbons (Fsp3) is 0.375. The molecule has 33 heavy (non-hydrogen) atoms. The molecule has 0 heterocycles. The van der Waals surface area contributed by atoms with Crippen LogP contribution >= 0.6 is 0 Å². The number of carbonyl (C=O) groups excluding carboxylic acids is 2. The van der Waals surface area contributed by atoms with E-state index in [0.717, 1.165) is 22.3 Å². The number of amides is 2. The van der Waals surface area contributed by atoms with E-state index in [0.29, 0.717) is 6.54 Å². The lowest BCUT2D eigenvalue weighted by Gasteiger charge is -2.22. The molecule has 2 unspecified atom stereocenters. The number of carbonyl (C=O) groups is 3. The van der Waals surface area contributed by atoms with Crippen molar-refractivity contribution in [1.29, 1.82) is 0 Å². The van der Waals surface area contributed by atoms with Gasteiger partial charge in [-0.15, -0.1) is 0 Å². The molecule has 9 heteroatoms. The summed E-state index contributed by atoms with van der Waals surface area (Å²) < 4.78 is 5.50. The normalized spacial score (nSPS) is 14.2. The first-order valence-corrected chi connectivity index (χ1v) is 10.7. The van der Waals surface area contributed by atoms with E-state index in [1.807, 2.05) is 67.5 Å². The molecule has 0 saturated carbocycles. The number of carboxylic acid groups (broad SMARTS) is 1. The first-order chi connectivity index (χ1) is 15.8. The van der Waals surface area contributed by atoms with Gasteiger partial charge in [0.1, 0.15) is 18.7 Å². The smallest absolute Gasteiger partial charge is 0.407 e. The van der Waals surface area contributed by atoms with Gasteiger partial charge in [0.25, 0.3) is 0 Å². The molecule has 0 aromatic heterocycles. The Balaban J connectivity index is 1.66. The maximum absolute atomic E-state index is 12.6. The number of rotatable bonds is 10. The second kappa shape index (κ2) is 10.9. The first-order valence-electron chi connectivity index (χ1n) is 10.7. The summed E-state index contributed by atoms with van der Waals surface area (Å²) in [5, 5.41) is 23.0. The fourth-order valence-corrected chi connectivity index (χ4v) is 3.90. The summed E-state index contributed by atoms with van der Waals surface area (Å²) in [6, 6.07) is 13.4. The Kier molecular flexibility index (Phi) is 8.02. The van der Waals surface area contributed by atoms with Gasteiger partial charge in [-0.1, -0.05) is 48.5 Å². The average molecular weight is 456 g/mol. The molecule has 0 saturated heterocycles. The van der Waals surface area contributed by atoms with Crippen LogP contribution in [0.3, 0.4) is 0 Å². The third-order valence-electron chi connectivity index (χ3n) is 5.61. The van der Waals surface area contributed by atoms with Crippen molar-refractivity contribution in [2.24, 2.45) is 0 Å². The third kappa shape index (κ3) is 5.88. The second-order valence-electron chi connectivity index (χ2n) is 8.20. The Bertz CT molecular complexity index is 964. The van der Waals surface area contributed by atoms with Crippen LogP contribution in [0.5, 0.6) is 0 Å². The maximum Gasteiger partial charge on any atom is 0.407 e. The minimum atomic E-state index is -1.45. The molecule has 2 aromatic carbocycles. The average Bonchev–Trinajstić information content (AvgIpc) is 3.12. The quantitative estimate of drug-likeness (QED) is 0.426. The minimum Gasteiger partial charge on any atom is -0.480 e. The SMILES string of the molecule is CN(C)CCC(NC(=O)OCC1c2ccccc2-c2ccccc21)C(=O)NC(CO)C(=O)O. The summed E-state index contributed by atoms with van der Waals surface area (Å²) in [6.07, 6.45) is -0.535. The van der Waals surface area contributed by atoms with Crippen molar-refractivity contribution in [1.82, 2.24) is 15.5 Å². The molecule has 0 radical (unpaired) electrons. The zero-order valence-electron chi connectivity index (χ0n) is 18.7. The van der Waals surface area contributed by atoms with Crippen molar-refractivity contribution in [2.45, 2.75) is 24.4 Å². The van der Waals surface area contributed by atoms with Crippen LogP contribution < -0.4 is 10.6 Å². The summed E-state index contributed by atoms with van der Waals surface area (Å²) in [5.41, 5.74) is 4.35. The molecule has 2 atom stereocenters. The number of nitrogens with zero attached hydrogens (tertiary/aromatic N) is 1. The molecule has 0 fully saturated rings. The lowest BCUT2D eigenvalue weighted by molar-refractivity contribution is -0.143. The molecular formula is C24H29N3O6. The maximum atomic E-state index is 12.6. The van der Waals surface area contributed by atoms with Gasteiger partial charge in [0.15, 0.2) is 0 Å². The van der Waals surface area contributed by atoms with Crippen molar-refractivity contribution in [3.8, 4) is 11.1 Å². The number of nitrogens with one attached hydrogen (secondary N) is 2. The van der Waals surface area contributed by atoms with E-state index in [-0.39, 0.29) is 18.9 Å². The molecule has 176 valence electrons. The Hall–Kier alpha value is -3.43. The summed E-state index contributed by atoms with van der Waals surface area (Å²) in [6.45, 7) is -0.193. The lowest BCUT2D eigenvalue weighted by Crippen LogP contribution is -2.53. The highest BCUT2D eigenvalue weighted by Crippen LogP contribution is 2.44. The van der Waals surface area contributed by atoms with Crippen molar-refractivity contribution < 1.29 is 29.3 Å². The summed E-state index contributed by atoms with van der Waals surface area (Å²) in [4.78, 5) is 38.1. The van der Waals surface area contributed by atoms with Crippen LogP contribution in [0.15, 0.2) is 48.5 Å². The van der Waals surface area contributed by atoms with Crippen LogP contribution in [0.25, 0.3) is 11.1 Å². The monoisotopic (exact) mass is 455 g/mol. The van der Waals surface area contributed by atoms with Gasteiger partial charge in [0.05, 0.1) is 6.61 Å². The second-order valence-corrected chi connectivity index (χ2v) is 8.20. The minimum absolute atomic E-state index is 0.0935. The molecular weight excluding hydrogens is 426 g/mol. The van der Waals surface area contributed by atoms with Gasteiger partial charge >= 0.3 is 12.1 Å². The number of aliphatic hydroxyl groups is 1. The Labute approximate surface area is 192 Å². The van der Waals surface area contributed by atoms with Crippen LogP contribution in [0.1, 0.15) is 23.5 Å². The Morgan fingerprint density at radius 1 is 0.970 bits per heavy atom. The van der Waals surface area contributed by atoms with E-state index >= 15 is 0 Å². The van der Waals surface area contributed by atoms with E-state index in [4.69, 9.17) is 9.84 Å². The van der Waals surface area contributed by atoms with Gasteiger partial charge in [-0.05, 0) is 49.3 Å². The van der Waals surface area contributed by atoms with E-state index in [9.17, 15) is 19.5 Å².